The number of fused-ring (bicyclic) bond motifs is 1. The van der Waals surface area contributed by atoms with E-state index in [1.54, 1.807) is 0 Å². The SMILES string of the molecule is O=C(C1CCCCCC1)N(CCc1c[nH]c2ccccc12)CC1CC=CCC1. The number of carbonyl (C=O) groups is 1. The van der Waals surface area contributed by atoms with Gasteiger partial charge >= 0.3 is 0 Å². The summed E-state index contributed by atoms with van der Waals surface area (Å²) in [6.45, 7) is 1.78. The highest BCUT2D eigenvalue weighted by Crippen LogP contribution is 2.27. The standard InChI is InChI=1S/C25H34N2O/c28-25(21-12-6-1-2-7-13-21)27(19-20-10-4-3-5-11-20)17-16-22-18-26-24-15-9-8-14-23(22)24/h3-4,8-9,14-15,18,20-21,26H,1-2,5-7,10-13,16-17,19H2. The van der Waals surface area contributed by atoms with Crippen molar-refractivity contribution in [2.45, 2.75) is 64.2 Å². The molecule has 1 heterocycles. The van der Waals surface area contributed by atoms with Crippen LogP contribution in [0.4, 0.5) is 0 Å². The number of benzene rings is 1. The Morgan fingerprint density at radius 1 is 1.04 bits per heavy atom. The fraction of sp³-hybridized carbons (Fsp3) is 0.560. The van der Waals surface area contributed by atoms with Gasteiger partial charge in [-0.1, -0.05) is 56.0 Å². The number of H-pyrrole nitrogens is 1. The van der Waals surface area contributed by atoms with Crippen molar-refractivity contribution in [3.63, 3.8) is 0 Å². The Morgan fingerprint density at radius 3 is 2.64 bits per heavy atom. The van der Waals surface area contributed by atoms with E-state index in [-0.39, 0.29) is 5.92 Å². The number of rotatable bonds is 6. The lowest BCUT2D eigenvalue weighted by molar-refractivity contribution is -0.136. The van der Waals surface area contributed by atoms with Gasteiger partial charge in [0.25, 0.3) is 0 Å². The van der Waals surface area contributed by atoms with E-state index in [1.165, 1.54) is 55.0 Å². The number of allylic oxidation sites excluding steroid dienone is 2. The number of hydrogen-bond donors (Lipinski definition) is 1. The van der Waals surface area contributed by atoms with E-state index >= 15 is 0 Å². The fourth-order valence-electron chi connectivity index (χ4n) is 5.00. The van der Waals surface area contributed by atoms with Gasteiger partial charge in [0.05, 0.1) is 0 Å². The van der Waals surface area contributed by atoms with Crippen molar-refractivity contribution in [1.82, 2.24) is 9.88 Å². The average molecular weight is 379 g/mol. The molecule has 1 fully saturated rings. The van der Waals surface area contributed by atoms with Gasteiger partial charge in [0.1, 0.15) is 0 Å². The number of amides is 1. The first-order valence-electron chi connectivity index (χ1n) is 11.3. The molecule has 1 aromatic carbocycles. The Kier molecular flexibility index (Phi) is 6.51. The van der Waals surface area contributed by atoms with Crippen molar-refractivity contribution in [3.05, 3.63) is 48.2 Å². The van der Waals surface area contributed by atoms with Gasteiger partial charge in [-0.2, -0.15) is 0 Å². The van der Waals surface area contributed by atoms with Gasteiger partial charge in [0.2, 0.25) is 5.91 Å². The molecule has 1 N–H and O–H groups in total. The van der Waals surface area contributed by atoms with Gasteiger partial charge < -0.3 is 9.88 Å². The molecule has 28 heavy (non-hydrogen) atoms. The molecule has 1 amide bonds. The second kappa shape index (κ2) is 9.45. The molecule has 4 rings (SSSR count). The summed E-state index contributed by atoms with van der Waals surface area (Å²) in [4.78, 5) is 19.1. The lowest BCUT2D eigenvalue weighted by Gasteiger charge is -2.31. The Labute approximate surface area is 169 Å². The fourth-order valence-corrected chi connectivity index (χ4v) is 5.00. The second-order valence-electron chi connectivity index (χ2n) is 8.73. The molecule has 0 bridgehead atoms. The van der Waals surface area contributed by atoms with Gasteiger partial charge in [0, 0.05) is 36.1 Å². The first-order valence-corrected chi connectivity index (χ1v) is 11.3. The van der Waals surface area contributed by atoms with E-state index in [0.29, 0.717) is 11.8 Å². The summed E-state index contributed by atoms with van der Waals surface area (Å²) in [6.07, 6.45) is 18.4. The molecule has 1 aromatic heterocycles. The van der Waals surface area contributed by atoms with Crippen LogP contribution in [0.15, 0.2) is 42.6 Å². The third kappa shape index (κ3) is 4.68. The van der Waals surface area contributed by atoms with Crippen LogP contribution < -0.4 is 0 Å². The molecule has 3 nitrogen and oxygen atoms in total. The zero-order valence-corrected chi connectivity index (χ0v) is 17.0. The largest absolute Gasteiger partial charge is 0.361 e. The number of nitrogens with one attached hydrogen (secondary N) is 1. The Balaban J connectivity index is 1.46. The molecule has 3 heteroatoms. The molecule has 0 spiro atoms. The van der Waals surface area contributed by atoms with Gasteiger partial charge in [-0.3, -0.25) is 4.79 Å². The zero-order chi connectivity index (χ0) is 19.2. The number of aromatic nitrogens is 1. The van der Waals surface area contributed by atoms with Gasteiger partial charge in [0.15, 0.2) is 0 Å². The number of aromatic amines is 1. The summed E-state index contributed by atoms with van der Waals surface area (Å²) in [5.41, 5.74) is 2.52. The molecular weight excluding hydrogens is 344 g/mol. The van der Waals surface area contributed by atoms with Crippen LogP contribution in [0.5, 0.6) is 0 Å². The Morgan fingerprint density at radius 2 is 1.86 bits per heavy atom. The van der Waals surface area contributed by atoms with E-state index < -0.39 is 0 Å². The summed E-state index contributed by atoms with van der Waals surface area (Å²) in [5, 5.41) is 1.30. The molecule has 1 saturated carbocycles. The second-order valence-corrected chi connectivity index (χ2v) is 8.73. The zero-order valence-electron chi connectivity index (χ0n) is 17.0. The minimum atomic E-state index is 0.254. The van der Waals surface area contributed by atoms with Crippen molar-refractivity contribution in [1.29, 1.82) is 0 Å². The lowest BCUT2D eigenvalue weighted by atomic mass is 9.92. The number of carbonyl (C=O) groups excluding carboxylic acids is 1. The normalized spacial score (nSPS) is 20.9. The van der Waals surface area contributed by atoms with Crippen LogP contribution in [-0.2, 0) is 11.2 Å². The van der Waals surface area contributed by atoms with Crippen molar-refractivity contribution >= 4 is 16.8 Å². The molecule has 1 unspecified atom stereocenters. The quantitative estimate of drug-likeness (QED) is 0.495. The average Bonchev–Trinajstić information content (AvgIpc) is 2.95. The maximum absolute atomic E-state index is 13.4. The first-order chi connectivity index (χ1) is 13.8. The van der Waals surface area contributed by atoms with Crippen LogP contribution in [0.3, 0.4) is 0 Å². The first kappa shape index (κ1) is 19.3. The molecular formula is C25H34N2O. The smallest absolute Gasteiger partial charge is 0.225 e. The predicted molar refractivity (Wildman–Crippen MR) is 116 cm³/mol. The number of nitrogens with zero attached hydrogens (tertiary/aromatic N) is 1. The van der Waals surface area contributed by atoms with Crippen molar-refractivity contribution in [3.8, 4) is 0 Å². The van der Waals surface area contributed by atoms with Crippen LogP contribution in [0.2, 0.25) is 0 Å². The summed E-state index contributed by atoms with van der Waals surface area (Å²) < 4.78 is 0. The van der Waals surface area contributed by atoms with Crippen LogP contribution in [-0.4, -0.2) is 28.9 Å². The van der Waals surface area contributed by atoms with E-state index in [9.17, 15) is 4.79 Å². The van der Waals surface area contributed by atoms with Crippen LogP contribution in [0, 0.1) is 11.8 Å². The predicted octanol–water partition coefficient (Wildman–Crippen LogP) is 5.87. The molecule has 0 aliphatic heterocycles. The molecule has 150 valence electrons. The third-order valence-electron chi connectivity index (χ3n) is 6.70. The molecule has 2 aromatic rings. The van der Waals surface area contributed by atoms with Gasteiger partial charge in [-0.25, -0.2) is 0 Å². The maximum atomic E-state index is 13.4. The maximum Gasteiger partial charge on any atom is 0.225 e. The van der Waals surface area contributed by atoms with E-state index in [1.807, 2.05) is 0 Å². The highest BCUT2D eigenvalue weighted by atomic mass is 16.2. The number of para-hydroxylation sites is 1. The summed E-state index contributed by atoms with van der Waals surface area (Å²) in [6, 6.07) is 8.48. The van der Waals surface area contributed by atoms with Crippen LogP contribution in [0.25, 0.3) is 10.9 Å². The van der Waals surface area contributed by atoms with E-state index in [0.717, 1.165) is 38.8 Å². The van der Waals surface area contributed by atoms with Gasteiger partial charge in [-0.05, 0) is 56.1 Å². The van der Waals surface area contributed by atoms with Crippen molar-refractivity contribution in [2.24, 2.45) is 11.8 Å². The monoisotopic (exact) mass is 378 g/mol. The Hall–Kier alpha value is -2.03. The van der Waals surface area contributed by atoms with E-state index in [4.69, 9.17) is 0 Å². The molecule has 0 radical (unpaired) electrons. The van der Waals surface area contributed by atoms with Crippen molar-refractivity contribution < 1.29 is 4.79 Å². The summed E-state index contributed by atoms with van der Waals surface area (Å²) in [7, 11) is 0. The van der Waals surface area contributed by atoms with Crippen LogP contribution in [0.1, 0.15) is 63.4 Å². The van der Waals surface area contributed by atoms with E-state index in [2.05, 4.69) is 52.5 Å². The minimum Gasteiger partial charge on any atom is -0.361 e. The van der Waals surface area contributed by atoms with Gasteiger partial charge in [-0.15, -0.1) is 0 Å². The summed E-state index contributed by atoms with van der Waals surface area (Å²) in [5.74, 6) is 1.31. The summed E-state index contributed by atoms with van der Waals surface area (Å²) >= 11 is 0. The molecule has 1 atom stereocenters. The highest BCUT2D eigenvalue weighted by molar-refractivity contribution is 5.83. The molecule has 2 aliphatic rings. The Bertz CT molecular complexity index is 798. The molecule has 0 saturated heterocycles. The minimum absolute atomic E-state index is 0.254. The topological polar surface area (TPSA) is 36.1 Å². The van der Waals surface area contributed by atoms with Crippen molar-refractivity contribution in [2.75, 3.05) is 13.1 Å². The third-order valence-corrected chi connectivity index (χ3v) is 6.70. The lowest BCUT2D eigenvalue weighted by Crippen LogP contribution is -2.40. The molecule has 2 aliphatic carbocycles. The highest BCUT2D eigenvalue weighted by Gasteiger charge is 2.27. The number of hydrogen-bond acceptors (Lipinski definition) is 1. The van der Waals surface area contributed by atoms with Crippen LogP contribution >= 0.6 is 0 Å².